The van der Waals surface area contributed by atoms with Gasteiger partial charge >= 0.3 is 0 Å². The summed E-state index contributed by atoms with van der Waals surface area (Å²) in [4.78, 5) is 12.1. The van der Waals surface area contributed by atoms with Gasteiger partial charge in [-0.2, -0.15) is 0 Å². The Morgan fingerprint density at radius 1 is 1.35 bits per heavy atom. The first kappa shape index (κ1) is 12.5. The van der Waals surface area contributed by atoms with Gasteiger partial charge in [-0.05, 0) is 31.2 Å². The molecule has 5 nitrogen and oxygen atoms in total. The van der Waals surface area contributed by atoms with Crippen LogP contribution in [0.1, 0.15) is 23.0 Å². The molecule has 1 aromatic carbocycles. The molecule has 0 bridgehead atoms. The second-order valence-corrected chi connectivity index (χ2v) is 4.55. The van der Waals surface area contributed by atoms with Crippen molar-refractivity contribution in [1.29, 1.82) is 0 Å². The average Bonchev–Trinajstić information content (AvgIpc) is 3.13. The average molecular weight is 269 g/mol. The third-order valence-corrected chi connectivity index (χ3v) is 3.30. The van der Waals surface area contributed by atoms with Crippen molar-refractivity contribution in [3.8, 4) is 0 Å². The van der Waals surface area contributed by atoms with Gasteiger partial charge in [0.15, 0.2) is 0 Å². The molecule has 0 aliphatic rings. The van der Waals surface area contributed by atoms with Gasteiger partial charge in [-0.1, -0.05) is 5.16 Å². The summed E-state index contributed by atoms with van der Waals surface area (Å²) in [5.74, 6) is -0.112. The van der Waals surface area contributed by atoms with Gasteiger partial charge in [-0.3, -0.25) is 4.79 Å². The van der Waals surface area contributed by atoms with Crippen LogP contribution in [0.2, 0.25) is 0 Å². The van der Waals surface area contributed by atoms with Crippen molar-refractivity contribution in [3.05, 3.63) is 54.0 Å². The summed E-state index contributed by atoms with van der Waals surface area (Å²) < 4.78 is 6.87. The Morgan fingerprint density at radius 2 is 2.25 bits per heavy atom. The maximum absolute atomic E-state index is 12.1. The van der Waals surface area contributed by atoms with E-state index in [0.717, 1.165) is 17.4 Å². The number of aromatic nitrogens is 2. The van der Waals surface area contributed by atoms with Crippen molar-refractivity contribution >= 4 is 16.8 Å². The zero-order valence-electron chi connectivity index (χ0n) is 11.2. The molecule has 102 valence electrons. The summed E-state index contributed by atoms with van der Waals surface area (Å²) in [5, 5.41) is 7.64. The molecule has 0 aliphatic carbocycles. The molecule has 0 aliphatic heterocycles. The number of carbonyl (C=O) groups excluding carboxylic acids is 1. The van der Waals surface area contributed by atoms with E-state index in [9.17, 15) is 4.79 Å². The predicted octanol–water partition coefficient (Wildman–Crippen LogP) is 2.58. The fraction of sp³-hybridized carbons (Fsp3) is 0.200. The monoisotopic (exact) mass is 269 g/mol. The SMILES string of the molecule is CCn1ccc2cc(C(=O)NCc3ccon3)ccc21. The molecule has 0 saturated heterocycles. The molecule has 0 atom stereocenters. The summed E-state index contributed by atoms with van der Waals surface area (Å²) in [6.45, 7) is 3.38. The highest BCUT2D eigenvalue weighted by Crippen LogP contribution is 2.17. The lowest BCUT2D eigenvalue weighted by atomic mass is 10.1. The van der Waals surface area contributed by atoms with Gasteiger partial charge in [-0.15, -0.1) is 0 Å². The fourth-order valence-electron chi connectivity index (χ4n) is 2.22. The number of fused-ring (bicyclic) bond motifs is 1. The lowest BCUT2D eigenvalue weighted by Crippen LogP contribution is -2.22. The Bertz CT molecular complexity index is 729. The largest absolute Gasteiger partial charge is 0.364 e. The quantitative estimate of drug-likeness (QED) is 0.792. The molecule has 0 saturated carbocycles. The standard InChI is InChI=1S/C15H15N3O2/c1-2-18-7-5-11-9-12(3-4-14(11)18)15(19)16-10-13-6-8-20-17-13/h3-9H,2,10H2,1H3,(H,16,19). The number of rotatable bonds is 4. The van der Waals surface area contributed by atoms with E-state index in [4.69, 9.17) is 4.52 Å². The Morgan fingerprint density at radius 3 is 3.00 bits per heavy atom. The van der Waals surface area contributed by atoms with Gasteiger partial charge in [0, 0.05) is 35.3 Å². The van der Waals surface area contributed by atoms with Gasteiger partial charge < -0.3 is 14.4 Å². The van der Waals surface area contributed by atoms with Crippen LogP contribution in [-0.2, 0) is 13.1 Å². The van der Waals surface area contributed by atoms with Gasteiger partial charge in [0.1, 0.15) is 12.0 Å². The molecule has 5 heteroatoms. The zero-order chi connectivity index (χ0) is 13.9. The van der Waals surface area contributed by atoms with E-state index in [-0.39, 0.29) is 5.91 Å². The molecule has 3 rings (SSSR count). The number of nitrogens with zero attached hydrogens (tertiary/aromatic N) is 2. The van der Waals surface area contributed by atoms with Gasteiger partial charge in [0.2, 0.25) is 0 Å². The smallest absolute Gasteiger partial charge is 0.251 e. The molecular weight excluding hydrogens is 254 g/mol. The number of amides is 1. The molecule has 0 radical (unpaired) electrons. The number of hydrogen-bond acceptors (Lipinski definition) is 3. The number of aryl methyl sites for hydroxylation is 1. The van der Waals surface area contributed by atoms with Crippen molar-refractivity contribution in [1.82, 2.24) is 15.0 Å². The number of hydrogen-bond donors (Lipinski definition) is 1. The maximum atomic E-state index is 12.1. The Kier molecular flexibility index (Phi) is 3.25. The van der Waals surface area contributed by atoms with E-state index < -0.39 is 0 Å². The maximum Gasteiger partial charge on any atom is 0.251 e. The zero-order valence-corrected chi connectivity index (χ0v) is 11.2. The van der Waals surface area contributed by atoms with E-state index in [1.54, 1.807) is 6.07 Å². The molecule has 2 aromatic heterocycles. The first-order chi connectivity index (χ1) is 9.78. The van der Waals surface area contributed by atoms with Crippen LogP contribution in [0.3, 0.4) is 0 Å². The van der Waals surface area contributed by atoms with Crippen LogP contribution < -0.4 is 5.32 Å². The minimum absolute atomic E-state index is 0.112. The highest BCUT2D eigenvalue weighted by atomic mass is 16.5. The summed E-state index contributed by atoms with van der Waals surface area (Å²) in [6.07, 6.45) is 3.52. The van der Waals surface area contributed by atoms with Crippen LogP contribution in [-0.4, -0.2) is 15.6 Å². The highest BCUT2D eigenvalue weighted by molar-refractivity contribution is 5.98. The number of benzene rings is 1. The van der Waals surface area contributed by atoms with E-state index in [1.165, 1.54) is 6.26 Å². The summed E-state index contributed by atoms with van der Waals surface area (Å²) in [5.41, 5.74) is 2.49. The Hall–Kier alpha value is -2.56. The summed E-state index contributed by atoms with van der Waals surface area (Å²) >= 11 is 0. The van der Waals surface area contributed by atoms with E-state index >= 15 is 0 Å². The van der Waals surface area contributed by atoms with Crippen molar-refractivity contribution in [2.24, 2.45) is 0 Å². The first-order valence-electron chi connectivity index (χ1n) is 6.54. The van der Waals surface area contributed by atoms with Crippen LogP contribution in [0.5, 0.6) is 0 Å². The predicted molar refractivity (Wildman–Crippen MR) is 75.3 cm³/mol. The molecule has 0 fully saturated rings. The third-order valence-electron chi connectivity index (χ3n) is 3.30. The number of nitrogens with one attached hydrogen (secondary N) is 1. The van der Waals surface area contributed by atoms with Gasteiger partial charge in [0.25, 0.3) is 5.91 Å². The highest BCUT2D eigenvalue weighted by Gasteiger charge is 2.08. The topological polar surface area (TPSA) is 60.1 Å². The molecule has 20 heavy (non-hydrogen) atoms. The van der Waals surface area contributed by atoms with Crippen LogP contribution in [0.15, 0.2) is 47.3 Å². The number of carbonyl (C=O) groups is 1. The van der Waals surface area contributed by atoms with E-state index in [1.807, 2.05) is 30.5 Å². The van der Waals surface area contributed by atoms with Crippen LogP contribution >= 0.6 is 0 Å². The third kappa shape index (κ3) is 2.30. The minimum Gasteiger partial charge on any atom is -0.364 e. The molecule has 0 spiro atoms. The minimum atomic E-state index is -0.112. The van der Waals surface area contributed by atoms with Crippen molar-refractivity contribution in [3.63, 3.8) is 0 Å². The Labute approximate surface area is 116 Å². The van der Waals surface area contributed by atoms with Crippen LogP contribution in [0.4, 0.5) is 0 Å². The van der Waals surface area contributed by atoms with E-state index in [0.29, 0.717) is 17.8 Å². The van der Waals surface area contributed by atoms with Gasteiger partial charge in [0.05, 0.1) is 6.54 Å². The molecule has 3 aromatic rings. The Balaban J connectivity index is 1.77. The van der Waals surface area contributed by atoms with Crippen LogP contribution in [0.25, 0.3) is 10.9 Å². The summed E-state index contributed by atoms with van der Waals surface area (Å²) in [6, 6.07) is 9.47. The van der Waals surface area contributed by atoms with Gasteiger partial charge in [-0.25, -0.2) is 0 Å². The first-order valence-corrected chi connectivity index (χ1v) is 6.54. The van der Waals surface area contributed by atoms with Crippen molar-refractivity contribution in [2.45, 2.75) is 20.0 Å². The molecule has 1 N–H and O–H groups in total. The lowest BCUT2D eigenvalue weighted by molar-refractivity contribution is 0.0950. The molecule has 1 amide bonds. The van der Waals surface area contributed by atoms with E-state index in [2.05, 4.69) is 22.0 Å². The summed E-state index contributed by atoms with van der Waals surface area (Å²) in [7, 11) is 0. The van der Waals surface area contributed by atoms with Crippen molar-refractivity contribution in [2.75, 3.05) is 0 Å². The normalized spacial score (nSPS) is 10.8. The van der Waals surface area contributed by atoms with Crippen molar-refractivity contribution < 1.29 is 9.32 Å². The second kappa shape index (κ2) is 5.21. The lowest BCUT2D eigenvalue weighted by Gasteiger charge is -2.04. The molecule has 2 heterocycles. The second-order valence-electron chi connectivity index (χ2n) is 4.55. The fourth-order valence-corrected chi connectivity index (χ4v) is 2.22. The van der Waals surface area contributed by atoms with Crippen LogP contribution in [0, 0.1) is 0 Å². The molecular formula is C15H15N3O2. The molecule has 0 unspecified atom stereocenters.